The molecule has 1 N–H and O–H groups in total. The first-order chi connectivity index (χ1) is 12.5. The van der Waals surface area contributed by atoms with E-state index in [9.17, 15) is 13.2 Å². The number of sulfonamides is 1. The summed E-state index contributed by atoms with van der Waals surface area (Å²) in [5.41, 5.74) is 1.27. The molecule has 1 heterocycles. The van der Waals surface area contributed by atoms with Crippen LogP contribution in [0, 0.1) is 11.8 Å². The fourth-order valence-corrected chi connectivity index (χ4v) is 4.62. The van der Waals surface area contributed by atoms with Crippen LogP contribution in [0.3, 0.4) is 0 Å². The molecular formula is C19H32N4O3S. The van der Waals surface area contributed by atoms with Gasteiger partial charge in [0, 0.05) is 41.3 Å². The number of hydrogen-bond acceptors (Lipinski definition) is 5. The standard InChI is InChI=1S/C19H32N4O3S/c1-14-9-15(2)12-23(11-14)13-19(24)20-17-10-16(27(25,26)22(5)6)7-8-18(17)21(3)4/h7-8,10,14-15H,9,11-13H2,1-6H3,(H,20,24)/t14-,15-/m1/s1. The molecule has 0 aliphatic carbocycles. The number of benzene rings is 1. The van der Waals surface area contributed by atoms with Gasteiger partial charge in [0.25, 0.3) is 0 Å². The van der Waals surface area contributed by atoms with Crippen molar-refractivity contribution in [3.8, 4) is 0 Å². The molecule has 0 saturated carbocycles. The van der Waals surface area contributed by atoms with Gasteiger partial charge in [-0.15, -0.1) is 0 Å². The number of nitrogens with one attached hydrogen (secondary N) is 1. The van der Waals surface area contributed by atoms with Crippen LogP contribution in [0.1, 0.15) is 20.3 Å². The Hall–Kier alpha value is -1.64. The van der Waals surface area contributed by atoms with E-state index in [0.717, 1.165) is 18.8 Å². The first-order valence-electron chi connectivity index (χ1n) is 9.26. The third-order valence-corrected chi connectivity index (χ3v) is 6.63. The number of rotatable bonds is 6. The first kappa shape index (κ1) is 21.7. The summed E-state index contributed by atoms with van der Waals surface area (Å²) < 4.78 is 26.0. The summed E-state index contributed by atoms with van der Waals surface area (Å²) in [6.07, 6.45) is 1.19. The normalized spacial score (nSPS) is 21.3. The predicted molar refractivity (Wildman–Crippen MR) is 110 cm³/mol. The molecule has 0 unspecified atom stereocenters. The van der Waals surface area contributed by atoms with Gasteiger partial charge in [-0.05, 0) is 36.5 Å². The van der Waals surface area contributed by atoms with Gasteiger partial charge >= 0.3 is 0 Å². The molecule has 27 heavy (non-hydrogen) atoms. The highest BCUT2D eigenvalue weighted by atomic mass is 32.2. The lowest BCUT2D eigenvalue weighted by Gasteiger charge is -2.34. The van der Waals surface area contributed by atoms with Crippen LogP contribution < -0.4 is 10.2 Å². The lowest BCUT2D eigenvalue weighted by atomic mass is 9.92. The Morgan fingerprint density at radius 1 is 1.15 bits per heavy atom. The zero-order valence-electron chi connectivity index (χ0n) is 17.2. The number of anilines is 2. The van der Waals surface area contributed by atoms with Crippen LogP contribution in [-0.4, -0.2) is 71.4 Å². The van der Waals surface area contributed by atoms with Crippen LogP contribution in [0.2, 0.25) is 0 Å². The number of carbonyl (C=O) groups is 1. The third-order valence-electron chi connectivity index (χ3n) is 4.81. The molecule has 2 rings (SSSR count). The van der Waals surface area contributed by atoms with Gasteiger partial charge in [0.15, 0.2) is 0 Å². The lowest BCUT2D eigenvalue weighted by Crippen LogP contribution is -2.42. The number of likely N-dealkylation sites (tertiary alicyclic amines) is 1. The zero-order valence-corrected chi connectivity index (χ0v) is 18.0. The minimum absolute atomic E-state index is 0.126. The van der Waals surface area contributed by atoms with Crippen LogP contribution in [-0.2, 0) is 14.8 Å². The average Bonchev–Trinajstić information content (AvgIpc) is 2.53. The highest BCUT2D eigenvalue weighted by molar-refractivity contribution is 7.89. The Morgan fingerprint density at radius 3 is 2.26 bits per heavy atom. The SMILES string of the molecule is C[C@@H]1C[C@@H](C)CN(CC(=O)Nc2cc(S(=O)(=O)N(C)C)ccc2N(C)C)C1. The van der Waals surface area contributed by atoms with Crippen LogP contribution in [0.15, 0.2) is 23.1 Å². The van der Waals surface area contributed by atoms with E-state index in [0.29, 0.717) is 24.1 Å². The average molecular weight is 397 g/mol. The minimum Gasteiger partial charge on any atom is -0.376 e. The van der Waals surface area contributed by atoms with Gasteiger partial charge in [-0.2, -0.15) is 0 Å². The fourth-order valence-electron chi connectivity index (χ4n) is 3.69. The molecule has 2 atom stereocenters. The van der Waals surface area contributed by atoms with Crippen LogP contribution in [0.25, 0.3) is 0 Å². The van der Waals surface area contributed by atoms with E-state index in [2.05, 4.69) is 24.1 Å². The molecular weight excluding hydrogens is 364 g/mol. The van der Waals surface area contributed by atoms with Crippen molar-refractivity contribution in [2.24, 2.45) is 11.8 Å². The molecule has 7 nitrogen and oxygen atoms in total. The number of nitrogens with zero attached hydrogens (tertiary/aromatic N) is 3. The van der Waals surface area contributed by atoms with E-state index in [-0.39, 0.29) is 10.8 Å². The summed E-state index contributed by atoms with van der Waals surface area (Å²) in [6, 6.07) is 4.81. The van der Waals surface area contributed by atoms with Gasteiger partial charge in [0.05, 0.1) is 22.8 Å². The van der Waals surface area contributed by atoms with E-state index in [4.69, 9.17) is 0 Å². The second-order valence-electron chi connectivity index (χ2n) is 8.05. The maximum Gasteiger partial charge on any atom is 0.242 e. The summed E-state index contributed by atoms with van der Waals surface area (Å²) in [6.45, 7) is 6.55. The highest BCUT2D eigenvalue weighted by Crippen LogP contribution is 2.29. The van der Waals surface area contributed by atoms with E-state index < -0.39 is 10.0 Å². The van der Waals surface area contributed by atoms with Crippen LogP contribution >= 0.6 is 0 Å². The number of amides is 1. The van der Waals surface area contributed by atoms with Crippen molar-refractivity contribution in [2.45, 2.75) is 25.2 Å². The van der Waals surface area contributed by atoms with Gasteiger partial charge in [0.2, 0.25) is 15.9 Å². The van der Waals surface area contributed by atoms with Crippen molar-refractivity contribution in [1.29, 1.82) is 0 Å². The lowest BCUT2D eigenvalue weighted by molar-refractivity contribution is -0.117. The summed E-state index contributed by atoms with van der Waals surface area (Å²) >= 11 is 0. The van der Waals surface area contributed by atoms with Gasteiger partial charge in [-0.25, -0.2) is 12.7 Å². The predicted octanol–water partition coefficient (Wildman–Crippen LogP) is 1.92. The van der Waals surface area contributed by atoms with Crippen LogP contribution in [0.5, 0.6) is 0 Å². The second kappa shape index (κ2) is 8.58. The van der Waals surface area contributed by atoms with E-state index in [1.54, 1.807) is 12.1 Å². The summed E-state index contributed by atoms with van der Waals surface area (Å²) in [5, 5.41) is 2.92. The molecule has 1 aliphatic heterocycles. The van der Waals surface area contributed by atoms with E-state index in [1.165, 1.54) is 30.9 Å². The molecule has 1 aromatic rings. The van der Waals surface area contributed by atoms with Gasteiger partial charge in [0.1, 0.15) is 0 Å². The molecule has 1 amide bonds. The largest absolute Gasteiger partial charge is 0.376 e. The number of hydrogen-bond donors (Lipinski definition) is 1. The Labute approximate surface area is 163 Å². The van der Waals surface area contributed by atoms with Gasteiger partial charge in [-0.1, -0.05) is 13.8 Å². The monoisotopic (exact) mass is 396 g/mol. The maximum absolute atomic E-state index is 12.6. The molecule has 0 bridgehead atoms. The molecule has 1 aromatic carbocycles. The molecule has 0 aromatic heterocycles. The van der Waals surface area contributed by atoms with Crippen molar-refractivity contribution in [1.82, 2.24) is 9.21 Å². The summed E-state index contributed by atoms with van der Waals surface area (Å²) in [7, 11) is 3.14. The van der Waals surface area contributed by atoms with Crippen molar-refractivity contribution in [3.05, 3.63) is 18.2 Å². The molecule has 1 saturated heterocycles. The highest BCUT2D eigenvalue weighted by Gasteiger charge is 2.24. The number of piperidine rings is 1. The Bertz CT molecular complexity index is 767. The van der Waals surface area contributed by atoms with Crippen molar-refractivity contribution in [3.63, 3.8) is 0 Å². The fraction of sp³-hybridized carbons (Fsp3) is 0.632. The maximum atomic E-state index is 12.6. The Morgan fingerprint density at radius 2 is 1.74 bits per heavy atom. The smallest absolute Gasteiger partial charge is 0.242 e. The minimum atomic E-state index is -3.57. The molecule has 1 aliphatic rings. The van der Waals surface area contributed by atoms with Crippen molar-refractivity contribution >= 4 is 27.3 Å². The molecule has 1 fully saturated rings. The second-order valence-corrected chi connectivity index (χ2v) is 10.2. The van der Waals surface area contributed by atoms with Crippen molar-refractivity contribution < 1.29 is 13.2 Å². The quantitative estimate of drug-likeness (QED) is 0.795. The van der Waals surface area contributed by atoms with Crippen molar-refractivity contribution in [2.75, 3.05) is 58.0 Å². The molecule has 152 valence electrons. The molecule has 8 heteroatoms. The van der Waals surface area contributed by atoms with Gasteiger partial charge in [-0.3, -0.25) is 9.69 Å². The summed E-state index contributed by atoms with van der Waals surface area (Å²) in [4.78, 5) is 16.8. The van der Waals surface area contributed by atoms with E-state index >= 15 is 0 Å². The molecule has 0 radical (unpaired) electrons. The zero-order chi connectivity index (χ0) is 20.4. The van der Waals surface area contributed by atoms with Crippen LogP contribution in [0.4, 0.5) is 11.4 Å². The summed E-state index contributed by atoms with van der Waals surface area (Å²) in [5.74, 6) is 1.03. The topological polar surface area (TPSA) is 73.0 Å². The Balaban J connectivity index is 2.21. The third kappa shape index (κ3) is 5.43. The molecule has 0 spiro atoms. The number of carbonyl (C=O) groups excluding carboxylic acids is 1. The Kier molecular flexibility index (Phi) is 6.88. The van der Waals surface area contributed by atoms with E-state index in [1.807, 2.05) is 19.0 Å². The first-order valence-corrected chi connectivity index (χ1v) is 10.7. The van der Waals surface area contributed by atoms with Gasteiger partial charge < -0.3 is 10.2 Å².